The number of aromatic amines is 1. The zero-order chi connectivity index (χ0) is 11.5. The van der Waals surface area contributed by atoms with Crippen LogP contribution in [0.15, 0.2) is 0 Å². The zero-order valence-electron chi connectivity index (χ0n) is 9.36. The highest BCUT2D eigenvalue weighted by Crippen LogP contribution is 2.23. The standard InChI is InChI=1S/C10H17N5O/c1-6-3-2-4-7(5-6)12-9(16)8-13-10(11)15-14-8/h6-7H,2-5H2,1H3,(H,12,16)(H3,11,13,14,15). The Labute approximate surface area is 94.0 Å². The Bertz CT molecular complexity index is 375. The summed E-state index contributed by atoms with van der Waals surface area (Å²) >= 11 is 0. The molecule has 16 heavy (non-hydrogen) atoms. The van der Waals surface area contributed by atoms with Crippen LogP contribution in [-0.4, -0.2) is 27.1 Å². The molecular weight excluding hydrogens is 206 g/mol. The molecule has 2 unspecified atom stereocenters. The van der Waals surface area contributed by atoms with Crippen molar-refractivity contribution in [2.75, 3.05) is 5.73 Å². The van der Waals surface area contributed by atoms with E-state index in [0.717, 1.165) is 12.8 Å². The van der Waals surface area contributed by atoms with Gasteiger partial charge in [0.15, 0.2) is 0 Å². The normalized spacial score (nSPS) is 25.3. The minimum Gasteiger partial charge on any atom is -0.366 e. The minimum absolute atomic E-state index is 0.0992. The quantitative estimate of drug-likeness (QED) is 0.687. The van der Waals surface area contributed by atoms with E-state index in [-0.39, 0.29) is 23.7 Å². The Balaban J connectivity index is 1.92. The Hall–Kier alpha value is -1.59. The summed E-state index contributed by atoms with van der Waals surface area (Å²) in [6.45, 7) is 2.21. The highest BCUT2D eigenvalue weighted by Gasteiger charge is 2.22. The number of carbonyl (C=O) groups is 1. The molecule has 0 aromatic carbocycles. The number of nitrogens with two attached hydrogens (primary N) is 1. The summed E-state index contributed by atoms with van der Waals surface area (Å²) in [5.74, 6) is 0.750. The molecule has 6 nitrogen and oxygen atoms in total. The van der Waals surface area contributed by atoms with Crippen LogP contribution in [0.3, 0.4) is 0 Å². The van der Waals surface area contributed by atoms with E-state index in [4.69, 9.17) is 5.73 Å². The monoisotopic (exact) mass is 223 g/mol. The topological polar surface area (TPSA) is 96.7 Å². The number of aromatic nitrogens is 3. The first-order valence-electron chi connectivity index (χ1n) is 5.64. The van der Waals surface area contributed by atoms with Crippen LogP contribution in [-0.2, 0) is 0 Å². The predicted molar refractivity (Wildman–Crippen MR) is 59.7 cm³/mol. The molecule has 6 heteroatoms. The second-order valence-corrected chi connectivity index (χ2v) is 4.48. The molecule has 0 spiro atoms. The molecule has 88 valence electrons. The number of nitrogens with one attached hydrogen (secondary N) is 2. The van der Waals surface area contributed by atoms with Crippen molar-refractivity contribution < 1.29 is 4.79 Å². The van der Waals surface area contributed by atoms with E-state index in [1.165, 1.54) is 12.8 Å². The molecule has 1 fully saturated rings. The molecule has 2 rings (SSSR count). The Morgan fingerprint density at radius 1 is 1.56 bits per heavy atom. The molecule has 0 radical (unpaired) electrons. The number of nitrogens with zero attached hydrogens (tertiary/aromatic N) is 2. The van der Waals surface area contributed by atoms with Gasteiger partial charge in [0, 0.05) is 6.04 Å². The third-order valence-electron chi connectivity index (χ3n) is 2.99. The van der Waals surface area contributed by atoms with Gasteiger partial charge in [-0.1, -0.05) is 19.8 Å². The Morgan fingerprint density at radius 3 is 3.00 bits per heavy atom. The summed E-state index contributed by atoms with van der Waals surface area (Å²) in [6.07, 6.45) is 4.50. The minimum atomic E-state index is -0.219. The van der Waals surface area contributed by atoms with Crippen molar-refractivity contribution in [1.29, 1.82) is 0 Å². The van der Waals surface area contributed by atoms with Crippen LogP contribution in [0.25, 0.3) is 0 Å². The van der Waals surface area contributed by atoms with Crippen LogP contribution in [0.4, 0.5) is 5.95 Å². The van der Waals surface area contributed by atoms with Gasteiger partial charge in [0.1, 0.15) is 0 Å². The summed E-state index contributed by atoms with van der Waals surface area (Å²) in [5.41, 5.74) is 5.34. The molecule has 0 saturated heterocycles. The van der Waals surface area contributed by atoms with Crippen LogP contribution in [0, 0.1) is 5.92 Å². The fourth-order valence-corrected chi connectivity index (χ4v) is 2.20. The van der Waals surface area contributed by atoms with Gasteiger partial charge in [0.05, 0.1) is 0 Å². The lowest BCUT2D eigenvalue weighted by Crippen LogP contribution is -2.38. The molecule has 0 bridgehead atoms. The molecule has 1 aromatic rings. The number of hydrogen-bond acceptors (Lipinski definition) is 4. The van der Waals surface area contributed by atoms with E-state index in [0.29, 0.717) is 5.92 Å². The smallest absolute Gasteiger partial charge is 0.288 e. The number of rotatable bonds is 2. The van der Waals surface area contributed by atoms with Crippen LogP contribution in [0.5, 0.6) is 0 Å². The van der Waals surface area contributed by atoms with Gasteiger partial charge in [-0.25, -0.2) is 0 Å². The van der Waals surface area contributed by atoms with Crippen molar-refractivity contribution >= 4 is 11.9 Å². The van der Waals surface area contributed by atoms with Gasteiger partial charge in [-0.3, -0.25) is 9.89 Å². The average Bonchev–Trinajstić information content (AvgIpc) is 2.65. The first-order chi connectivity index (χ1) is 7.65. The van der Waals surface area contributed by atoms with Crippen molar-refractivity contribution in [2.45, 2.75) is 38.6 Å². The largest absolute Gasteiger partial charge is 0.366 e. The average molecular weight is 223 g/mol. The van der Waals surface area contributed by atoms with E-state index in [1.54, 1.807) is 0 Å². The maximum atomic E-state index is 11.7. The third kappa shape index (κ3) is 2.50. The molecule has 1 amide bonds. The van der Waals surface area contributed by atoms with E-state index in [1.807, 2.05) is 0 Å². The van der Waals surface area contributed by atoms with Crippen LogP contribution < -0.4 is 11.1 Å². The second-order valence-electron chi connectivity index (χ2n) is 4.48. The van der Waals surface area contributed by atoms with Crippen molar-refractivity contribution in [3.8, 4) is 0 Å². The lowest BCUT2D eigenvalue weighted by atomic mass is 9.87. The SMILES string of the molecule is CC1CCCC(NC(=O)c2nc(N)n[nH]2)C1. The van der Waals surface area contributed by atoms with Crippen molar-refractivity contribution in [1.82, 2.24) is 20.5 Å². The molecule has 1 aromatic heterocycles. The summed E-state index contributed by atoms with van der Waals surface area (Å²) in [6, 6.07) is 0.252. The Morgan fingerprint density at radius 2 is 2.38 bits per heavy atom. The lowest BCUT2D eigenvalue weighted by Gasteiger charge is -2.26. The lowest BCUT2D eigenvalue weighted by molar-refractivity contribution is 0.0911. The summed E-state index contributed by atoms with van der Waals surface area (Å²) in [5, 5.41) is 9.09. The fraction of sp³-hybridized carbons (Fsp3) is 0.700. The number of anilines is 1. The summed E-state index contributed by atoms with van der Waals surface area (Å²) < 4.78 is 0. The van der Waals surface area contributed by atoms with E-state index < -0.39 is 0 Å². The maximum absolute atomic E-state index is 11.7. The maximum Gasteiger partial charge on any atom is 0.288 e. The van der Waals surface area contributed by atoms with Crippen LogP contribution >= 0.6 is 0 Å². The van der Waals surface area contributed by atoms with Gasteiger partial charge in [-0.2, -0.15) is 4.98 Å². The van der Waals surface area contributed by atoms with E-state index >= 15 is 0 Å². The number of hydrogen-bond donors (Lipinski definition) is 3. The zero-order valence-corrected chi connectivity index (χ0v) is 9.36. The van der Waals surface area contributed by atoms with Crippen LogP contribution in [0.1, 0.15) is 43.2 Å². The Kier molecular flexibility index (Phi) is 3.07. The van der Waals surface area contributed by atoms with E-state index in [2.05, 4.69) is 27.4 Å². The van der Waals surface area contributed by atoms with Crippen LogP contribution in [0.2, 0.25) is 0 Å². The van der Waals surface area contributed by atoms with Gasteiger partial charge in [0.25, 0.3) is 5.91 Å². The molecular formula is C10H17N5O. The fourth-order valence-electron chi connectivity index (χ4n) is 2.20. The molecule has 1 heterocycles. The van der Waals surface area contributed by atoms with Gasteiger partial charge in [-0.05, 0) is 18.8 Å². The predicted octanol–water partition coefficient (Wildman–Crippen LogP) is 0.695. The highest BCUT2D eigenvalue weighted by atomic mass is 16.2. The molecule has 2 atom stereocenters. The van der Waals surface area contributed by atoms with E-state index in [9.17, 15) is 4.79 Å². The van der Waals surface area contributed by atoms with Crippen molar-refractivity contribution in [3.05, 3.63) is 5.82 Å². The van der Waals surface area contributed by atoms with Gasteiger partial charge < -0.3 is 11.1 Å². The first-order valence-corrected chi connectivity index (χ1v) is 5.64. The van der Waals surface area contributed by atoms with Gasteiger partial charge in [0.2, 0.25) is 11.8 Å². The van der Waals surface area contributed by atoms with Gasteiger partial charge >= 0.3 is 0 Å². The molecule has 1 saturated carbocycles. The number of H-pyrrole nitrogens is 1. The second kappa shape index (κ2) is 4.51. The van der Waals surface area contributed by atoms with Crippen molar-refractivity contribution in [2.24, 2.45) is 5.92 Å². The number of nitrogen functional groups attached to an aromatic ring is 1. The van der Waals surface area contributed by atoms with Gasteiger partial charge in [-0.15, -0.1) is 5.10 Å². The molecule has 0 aliphatic heterocycles. The molecule has 1 aliphatic carbocycles. The third-order valence-corrected chi connectivity index (χ3v) is 2.99. The number of amides is 1. The molecule has 1 aliphatic rings. The first kappa shape index (κ1) is 10.9. The summed E-state index contributed by atoms with van der Waals surface area (Å²) in [7, 11) is 0. The highest BCUT2D eigenvalue weighted by molar-refractivity contribution is 5.90. The molecule has 4 N–H and O–H groups in total. The summed E-state index contributed by atoms with van der Waals surface area (Å²) in [4.78, 5) is 15.5. The number of carbonyl (C=O) groups excluding carboxylic acids is 1. The van der Waals surface area contributed by atoms with Crippen molar-refractivity contribution in [3.63, 3.8) is 0 Å².